The van der Waals surface area contributed by atoms with Crippen LogP contribution in [0.15, 0.2) is 11.8 Å². The van der Waals surface area contributed by atoms with Gasteiger partial charge in [0.2, 0.25) is 5.91 Å². The van der Waals surface area contributed by atoms with E-state index in [-0.39, 0.29) is 42.7 Å². The van der Waals surface area contributed by atoms with Gasteiger partial charge in [0, 0.05) is 37.1 Å². The second-order valence-electron chi connectivity index (χ2n) is 9.98. The molecular weight excluding hydrogens is 409 g/mol. The van der Waals surface area contributed by atoms with Crippen molar-refractivity contribution in [1.82, 2.24) is 19.8 Å². The standard InChI is InChI=1S/C22H29F3N4O2/c1-20(2,31)18-17(23)19-27-14(13-5-7-26-8-6-13)11-28(19)12-21(18,15-10-22(15,24)25)29-9-3-4-16(29)30/h11,13,15,26,31H,3-10,12H2,1-2H3/t15?,21-/m1/s1. The van der Waals surface area contributed by atoms with Crippen LogP contribution in [0.4, 0.5) is 13.2 Å². The van der Waals surface area contributed by atoms with E-state index in [2.05, 4.69) is 10.3 Å². The maximum absolute atomic E-state index is 16.1. The molecule has 0 bridgehead atoms. The van der Waals surface area contributed by atoms with Crippen LogP contribution in [0.2, 0.25) is 0 Å². The Hall–Kier alpha value is -1.87. The smallest absolute Gasteiger partial charge is 0.254 e. The minimum atomic E-state index is -3.00. The second-order valence-corrected chi connectivity index (χ2v) is 9.98. The number of rotatable bonds is 4. The molecule has 9 heteroatoms. The lowest BCUT2D eigenvalue weighted by atomic mass is 9.73. The molecule has 1 unspecified atom stereocenters. The molecule has 6 nitrogen and oxygen atoms in total. The molecule has 4 aliphatic rings. The molecule has 170 valence electrons. The van der Waals surface area contributed by atoms with Gasteiger partial charge < -0.3 is 19.9 Å². The zero-order valence-electron chi connectivity index (χ0n) is 17.9. The zero-order chi connectivity index (χ0) is 22.2. The highest BCUT2D eigenvalue weighted by Gasteiger charge is 2.72. The number of carbonyl (C=O) groups excluding carboxylic acids is 1. The Morgan fingerprint density at radius 1 is 1.29 bits per heavy atom. The van der Waals surface area contributed by atoms with Gasteiger partial charge in [-0.25, -0.2) is 18.2 Å². The van der Waals surface area contributed by atoms with E-state index in [1.54, 1.807) is 10.8 Å². The van der Waals surface area contributed by atoms with Gasteiger partial charge in [-0.15, -0.1) is 0 Å². The summed E-state index contributed by atoms with van der Waals surface area (Å²) in [6.45, 7) is 4.78. The fourth-order valence-corrected chi connectivity index (χ4v) is 5.98. The zero-order valence-corrected chi connectivity index (χ0v) is 17.9. The van der Waals surface area contributed by atoms with Crippen molar-refractivity contribution in [3.63, 3.8) is 0 Å². The number of carbonyl (C=O) groups is 1. The maximum atomic E-state index is 16.1. The van der Waals surface area contributed by atoms with Gasteiger partial charge in [0.05, 0.1) is 29.3 Å². The van der Waals surface area contributed by atoms with Gasteiger partial charge in [-0.05, 0) is 46.2 Å². The number of amides is 1. The van der Waals surface area contributed by atoms with Crippen LogP contribution >= 0.6 is 0 Å². The van der Waals surface area contributed by atoms with E-state index >= 15 is 4.39 Å². The molecule has 2 N–H and O–H groups in total. The molecule has 0 aromatic carbocycles. The van der Waals surface area contributed by atoms with Gasteiger partial charge in [-0.3, -0.25) is 4.79 Å². The normalized spacial score (nSPS) is 31.4. The summed E-state index contributed by atoms with van der Waals surface area (Å²) >= 11 is 0. The summed E-state index contributed by atoms with van der Waals surface area (Å²) in [4.78, 5) is 18.8. The Balaban J connectivity index is 1.68. The fourth-order valence-electron chi connectivity index (χ4n) is 5.98. The number of aromatic nitrogens is 2. The highest BCUT2D eigenvalue weighted by molar-refractivity contribution is 5.81. The third-order valence-corrected chi connectivity index (χ3v) is 7.38. The molecule has 4 heterocycles. The van der Waals surface area contributed by atoms with E-state index in [1.165, 1.54) is 18.7 Å². The molecule has 1 aliphatic carbocycles. The molecule has 0 radical (unpaired) electrons. The number of likely N-dealkylation sites (tertiary alicyclic amines) is 1. The molecule has 2 atom stereocenters. The van der Waals surface area contributed by atoms with Crippen molar-refractivity contribution in [2.24, 2.45) is 5.92 Å². The van der Waals surface area contributed by atoms with Crippen molar-refractivity contribution in [3.05, 3.63) is 23.3 Å². The molecule has 2 saturated heterocycles. The summed E-state index contributed by atoms with van der Waals surface area (Å²) in [5.74, 6) is -5.04. The first-order valence-corrected chi connectivity index (χ1v) is 11.2. The van der Waals surface area contributed by atoms with E-state index in [4.69, 9.17) is 0 Å². The number of halogens is 3. The monoisotopic (exact) mass is 438 g/mol. The third kappa shape index (κ3) is 3.15. The minimum Gasteiger partial charge on any atom is -0.386 e. The van der Waals surface area contributed by atoms with Crippen LogP contribution in [-0.2, 0) is 11.3 Å². The lowest BCUT2D eigenvalue weighted by Gasteiger charge is -2.49. The quantitative estimate of drug-likeness (QED) is 0.759. The van der Waals surface area contributed by atoms with E-state index in [1.807, 2.05) is 0 Å². The van der Waals surface area contributed by atoms with Gasteiger partial charge in [0.25, 0.3) is 5.92 Å². The average Bonchev–Trinajstić information content (AvgIpc) is 3.04. The number of alkyl halides is 2. The van der Waals surface area contributed by atoms with E-state index in [9.17, 15) is 18.7 Å². The van der Waals surface area contributed by atoms with Crippen LogP contribution in [0.25, 0.3) is 5.83 Å². The molecular formula is C22H29F3N4O2. The Bertz CT molecular complexity index is 945. The van der Waals surface area contributed by atoms with Crippen molar-refractivity contribution < 1.29 is 23.1 Å². The first-order valence-electron chi connectivity index (χ1n) is 11.2. The molecule has 1 amide bonds. The summed E-state index contributed by atoms with van der Waals surface area (Å²) < 4.78 is 46.8. The topological polar surface area (TPSA) is 70.4 Å². The third-order valence-electron chi connectivity index (χ3n) is 7.38. The lowest BCUT2D eigenvalue weighted by molar-refractivity contribution is -0.135. The summed E-state index contributed by atoms with van der Waals surface area (Å²) in [5, 5.41) is 14.3. The second kappa shape index (κ2) is 6.81. The number of fused-ring (bicyclic) bond motifs is 1. The summed E-state index contributed by atoms with van der Waals surface area (Å²) in [6.07, 6.45) is 3.87. The van der Waals surface area contributed by atoms with Gasteiger partial charge in [0.1, 0.15) is 0 Å². The van der Waals surface area contributed by atoms with Crippen LogP contribution in [-0.4, -0.2) is 62.2 Å². The molecule has 1 saturated carbocycles. The Kier molecular flexibility index (Phi) is 4.61. The number of hydrogen-bond acceptors (Lipinski definition) is 4. The van der Waals surface area contributed by atoms with Crippen molar-refractivity contribution >= 4 is 11.7 Å². The van der Waals surface area contributed by atoms with Crippen LogP contribution in [0.1, 0.15) is 63.4 Å². The fraction of sp³-hybridized carbons (Fsp3) is 0.727. The predicted molar refractivity (Wildman–Crippen MR) is 108 cm³/mol. The highest BCUT2D eigenvalue weighted by Crippen LogP contribution is 2.62. The SMILES string of the molecule is CC(C)(O)C1=C(F)c2nc(C3CCNCC3)cn2C[C@]1(C1CC1(F)F)N1CCCC1=O. The van der Waals surface area contributed by atoms with Crippen molar-refractivity contribution in [3.8, 4) is 0 Å². The Morgan fingerprint density at radius 2 is 1.97 bits per heavy atom. The van der Waals surface area contributed by atoms with Crippen molar-refractivity contribution in [2.75, 3.05) is 19.6 Å². The van der Waals surface area contributed by atoms with Gasteiger partial charge in [-0.2, -0.15) is 0 Å². The van der Waals surface area contributed by atoms with Crippen LogP contribution in [0.5, 0.6) is 0 Å². The summed E-state index contributed by atoms with van der Waals surface area (Å²) in [6, 6.07) is 0. The Labute approximate surface area is 179 Å². The number of nitrogens with zero attached hydrogens (tertiary/aromatic N) is 3. The number of hydrogen-bond donors (Lipinski definition) is 2. The van der Waals surface area contributed by atoms with E-state index in [0.29, 0.717) is 6.42 Å². The first kappa shape index (κ1) is 21.0. The number of nitrogens with one attached hydrogen (secondary N) is 1. The first-order chi connectivity index (χ1) is 14.6. The lowest BCUT2D eigenvalue weighted by Crippen LogP contribution is -2.61. The van der Waals surface area contributed by atoms with Crippen molar-refractivity contribution in [2.45, 2.75) is 75.5 Å². The van der Waals surface area contributed by atoms with Gasteiger partial charge in [-0.1, -0.05) is 0 Å². The molecule has 3 fully saturated rings. The van der Waals surface area contributed by atoms with Crippen LogP contribution < -0.4 is 5.32 Å². The summed E-state index contributed by atoms with van der Waals surface area (Å²) in [7, 11) is 0. The molecule has 5 rings (SSSR count). The largest absolute Gasteiger partial charge is 0.386 e. The maximum Gasteiger partial charge on any atom is 0.254 e. The number of piperidine rings is 1. The number of aliphatic hydroxyl groups is 1. The Morgan fingerprint density at radius 3 is 2.52 bits per heavy atom. The van der Waals surface area contributed by atoms with E-state index < -0.39 is 35.2 Å². The molecule has 1 aromatic rings. The predicted octanol–water partition coefficient (Wildman–Crippen LogP) is 2.83. The average molecular weight is 438 g/mol. The van der Waals surface area contributed by atoms with E-state index in [0.717, 1.165) is 31.6 Å². The molecule has 3 aliphatic heterocycles. The van der Waals surface area contributed by atoms with Crippen LogP contribution in [0, 0.1) is 5.92 Å². The highest BCUT2D eigenvalue weighted by atomic mass is 19.3. The molecule has 0 spiro atoms. The van der Waals surface area contributed by atoms with Gasteiger partial charge >= 0.3 is 0 Å². The molecule has 31 heavy (non-hydrogen) atoms. The van der Waals surface area contributed by atoms with Crippen molar-refractivity contribution in [1.29, 1.82) is 0 Å². The minimum absolute atomic E-state index is 0.0148. The molecule has 1 aromatic heterocycles. The number of imidazole rings is 1. The summed E-state index contributed by atoms with van der Waals surface area (Å²) in [5.41, 5.74) is -2.71. The van der Waals surface area contributed by atoms with Gasteiger partial charge in [0.15, 0.2) is 11.7 Å². The van der Waals surface area contributed by atoms with Crippen LogP contribution in [0.3, 0.4) is 0 Å².